The van der Waals surface area contributed by atoms with Crippen LogP contribution in [0.5, 0.6) is 0 Å². The van der Waals surface area contributed by atoms with Crippen LogP contribution in [-0.4, -0.2) is 39.2 Å². The molecule has 0 amide bonds. The molecular formula is C23H26N6O2. The van der Waals surface area contributed by atoms with Crippen molar-refractivity contribution in [3.05, 3.63) is 65.3 Å². The Morgan fingerprint density at radius 3 is 2.68 bits per heavy atom. The summed E-state index contributed by atoms with van der Waals surface area (Å²) in [5.41, 5.74) is 10.0. The van der Waals surface area contributed by atoms with E-state index in [2.05, 4.69) is 16.2 Å². The third-order valence-corrected chi connectivity index (χ3v) is 5.42. The van der Waals surface area contributed by atoms with Gasteiger partial charge in [0.15, 0.2) is 0 Å². The average molecular weight is 419 g/mol. The topological polar surface area (TPSA) is 111 Å². The van der Waals surface area contributed by atoms with Gasteiger partial charge in [0.2, 0.25) is 5.88 Å². The second kappa shape index (κ2) is 8.74. The molecule has 0 radical (unpaired) electrons. The molecule has 3 heterocycles. The summed E-state index contributed by atoms with van der Waals surface area (Å²) in [6.45, 7) is 6.64. The van der Waals surface area contributed by atoms with Crippen LogP contribution >= 0.6 is 0 Å². The first-order chi connectivity index (χ1) is 15.0. The van der Waals surface area contributed by atoms with Crippen LogP contribution in [0.4, 0.5) is 0 Å². The molecule has 2 atom stereocenters. The SMILES string of the molecule is CC1=C(C(=NC(C)C)C2CCCO2)C(c2ccc(-n3cncn3)cc2)C(C#N)=C(N)O1. The molecule has 1 fully saturated rings. The van der Waals surface area contributed by atoms with E-state index in [1.54, 1.807) is 11.0 Å². The van der Waals surface area contributed by atoms with E-state index in [1.165, 1.54) is 6.33 Å². The van der Waals surface area contributed by atoms with E-state index < -0.39 is 0 Å². The third-order valence-electron chi connectivity index (χ3n) is 5.42. The first kappa shape index (κ1) is 20.8. The lowest BCUT2D eigenvalue weighted by Gasteiger charge is -2.31. The van der Waals surface area contributed by atoms with Crippen molar-refractivity contribution >= 4 is 5.71 Å². The van der Waals surface area contributed by atoms with Gasteiger partial charge < -0.3 is 15.2 Å². The maximum atomic E-state index is 9.95. The lowest BCUT2D eigenvalue weighted by atomic mass is 9.79. The van der Waals surface area contributed by atoms with Crippen molar-refractivity contribution in [1.29, 1.82) is 5.26 Å². The summed E-state index contributed by atoms with van der Waals surface area (Å²) >= 11 is 0. The maximum absolute atomic E-state index is 9.95. The van der Waals surface area contributed by atoms with Crippen molar-refractivity contribution in [3.8, 4) is 11.8 Å². The van der Waals surface area contributed by atoms with Gasteiger partial charge in [-0.25, -0.2) is 9.67 Å². The summed E-state index contributed by atoms with van der Waals surface area (Å²) in [7, 11) is 0. The molecule has 0 spiro atoms. The number of hydrogen-bond donors (Lipinski definition) is 1. The minimum atomic E-state index is -0.384. The molecule has 160 valence electrons. The Balaban J connectivity index is 1.82. The third kappa shape index (κ3) is 4.09. The van der Waals surface area contributed by atoms with Crippen LogP contribution in [0.1, 0.15) is 45.1 Å². The fourth-order valence-corrected chi connectivity index (χ4v) is 4.10. The van der Waals surface area contributed by atoms with E-state index in [-0.39, 0.29) is 23.9 Å². The van der Waals surface area contributed by atoms with Crippen molar-refractivity contribution in [2.75, 3.05) is 6.61 Å². The first-order valence-corrected chi connectivity index (χ1v) is 10.4. The zero-order valence-electron chi connectivity index (χ0n) is 17.9. The minimum absolute atomic E-state index is 0.0728. The van der Waals surface area contributed by atoms with Gasteiger partial charge in [0, 0.05) is 18.2 Å². The standard InChI is InChI=1S/C23H26N6O2/c1-14(2)28-22(19-5-4-10-30-19)20-15(3)31-23(25)18(11-24)21(20)16-6-8-17(9-7-16)29-13-26-12-27-29/h6-9,12-14,19,21H,4-5,10,25H2,1-3H3. The molecule has 31 heavy (non-hydrogen) atoms. The fourth-order valence-electron chi connectivity index (χ4n) is 4.10. The van der Waals surface area contributed by atoms with E-state index in [1.807, 2.05) is 45.0 Å². The molecule has 8 heteroatoms. The monoisotopic (exact) mass is 418 g/mol. The van der Waals surface area contributed by atoms with Gasteiger partial charge in [0.05, 0.1) is 23.4 Å². The van der Waals surface area contributed by atoms with Crippen molar-refractivity contribution in [3.63, 3.8) is 0 Å². The minimum Gasteiger partial charge on any atom is -0.445 e. The van der Waals surface area contributed by atoms with E-state index >= 15 is 0 Å². The van der Waals surface area contributed by atoms with Crippen LogP contribution in [-0.2, 0) is 9.47 Å². The largest absolute Gasteiger partial charge is 0.445 e. The number of ether oxygens (including phenoxy) is 2. The van der Waals surface area contributed by atoms with Crippen LogP contribution in [0.25, 0.3) is 5.69 Å². The van der Waals surface area contributed by atoms with E-state index in [0.717, 1.165) is 35.4 Å². The van der Waals surface area contributed by atoms with E-state index in [9.17, 15) is 5.26 Å². The van der Waals surface area contributed by atoms with Crippen molar-refractivity contribution in [2.45, 2.75) is 51.7 Å². The van der Waals surface area contributed by atoms with Gasteiger partial charge in [0.1, 0.15) is 30.1 Å². The number of aromatic nitrogens is 3. The van der Waals surface area contributed by atoms with E-state index in [0.29, 0.717) is 17.9 Å². The number of rotatable bonds is 5. The highest BCUT2D eigenvalue weighted by Gasteiger charge is 2.37. The molecule has 1 aromatic carbocycles. The normalized spacial score (nSPS) is 22.1. The molecule has 8 nitrogen and oxygen atoms in total. The number of benzene rings is 1. The summed E-state index contributed by atoms with van der Waals surface area (Å²) in [5, 5.41) is 14.1. The predicted molar refractivity (Wildman–Crippen MR) is 116 cm³/mol. The molecule has 2 aromatic rings. The smallest absolute Gasteiger partial charge is 0.205 e. The molecule has 1 saturated heterocycles. The second-order valence-electron chi connectivity index (χ2n) is 7.94. The Hall–Kier alpha value is -3.44. The van der Waals surface area contributed by atoms with Gasteiger partial charge in [-0.05, 0) is 51.3 Å². The quantitative estimate of drug-likeness (QED) is 0.745. The predicted octanol–water partition coefficient (Wildman–Crippen LogP) is 3.38. The number of nitriles is 1. The number of aliphatic imine (C=N–C) groups is 1. The van der Waals surface area contributed by atoms with Crippen LogP contribution in [0.2, 0.25) is 0 Å². The van der Waals surface area contributed by atoms with Gasteiger partial charge in [-0.3, -0.25) is 4.99 Å². The maximum Gasteiger partial charge on any atom is 0.205 e. The molecule has 2 aliphatic heterocycles. The van der Waals surface area contributed by atoms with Gasteiger partial charge in [0.25, 0.3) is 0 Å². The highest BCUT2D eigenvalue weighted by molar-refractivity contribution is 6.06. The Kier molecular flexibility index (Phi) is 5.87. The number of hydrogen-bond acceptors (Lipinski definition) is 7. The highest BCUT2D eigenvalue weighted by atomic mass is 16.5. The molecular weight excluding hydrogens is 392 g/mol. The van der Waals surface area contributed by atoms with Crippen molar-refractivity contribution in [2.24, 2.45) is 10.7 Å². The Labute approximate surface area is 181 Å². The lowest BCUT2D eigenvalue weighted by Crippen LogP contribution is -2.31. The molecule has 0 aliphatic carbocycles. The number of allylic oxidation sites excluding steroid dienone is 2. The average Bonchev–Trinajstić information content (AvgIpc) is 3.46. The Bertz CT molecular complexity index is 1070. The van der Waals surface area contributed by atoms with Gasteiger partial charge >= 0.3 is 0 Å². The summed E-state index contributed by atoms with van der Waals surface area (Å²) in [6, 6.07) is 10.2. The summed E-state index contributed by atoms with van der Waals surface area (Å²) < 4.78 is 13.5. The van der Waals surface area contributed by atoms with Crippen LogP contribution in [0.15, 0.2) is 64.7 Å². The molecule has 1 aromatic heterocycles. The summed E-state index contributed by atoms with van der Waals surface area (Å²) in [5.74, 6) is 0.396. The molecule has 2 aliphatic rings. The fraction of sp³-hybridized carbons (Fsp3) is 0.391. The highest BCUT2D eigenvalue weighted by Crippen LogP contribution is 2.41. The summed E-state index contributed by atoms with van der Waals surface area (Å²) in [4.78, 5) is 8.91. The van der Waals surface area contributed by atoms with E-state index in [4.69, 9.17) is 20.2 Å². The molecule has 4 rings (SSSR count). The van der Waals surface area contributed by atoms with Gasteiger partial charge in [-0.1, -0.05) is 12.1 Å². The second-order valence-corrected chi connectivity index (χ2v) is 7.94. The number of nitrogens with zero attached hydrogens (tertiary/aromatic N) is 5. The van der Waals surface area contributed by atoms with Crippen molar-refractivity contribution in [1.82, 2.24) is 14.8 Å². The van der Waals surface area contributed by atoms with Crippen LogP contribution in [0, 0.1) is 11.3 Å². The lowest BCUT2D eigenvalue weighted by molar-refractivity contribution is 0.157. The molecule has 0 bridgehead atoms. The Morgan fingerprint density at radius 1 is 1.32 bits per heavy atom. The van der Waals surface area contributed by atoms with Crippen LogP contribution in [0.3, 0.4) is 0 Å². The van der Waals surface area contributed by atoms with Crippen molar-refractivity contribution < 1.29 is 9.47 Å². The first-order valence-electron chi connectivity index (χ1n) is 10.4. The zero-order chi connectivity index (χ0) is 22.0. The molecule has 2 N–H and O–H groups in total. The zero-order valence-corrected chi connectivity index (χ0v) is 17.9. The van der Waals surface area contributed by atoms with Crippen LogP contribution < -0.4 is 5.73 Å². The summed E-state index contributed by atoms with van der Waals surface area (Å²) in [6.07, 6.45) is 4.88. The molecule has 0 saturated carbocycles. The Morgan fingerprint density at radius 2 is 2.10 bits per heavy atom. The number of nitrogens with two attached hydrogens (primary N) is 1. The van der Waals surface area contributed by atoms with Gasteiger partial charge in [-0.15, -0.1) is 0 Å². The van der Waals surface area contributed by atoms with Gasteiger partial charge in [-0.2, -0.15) is 10.4 Å². The molecule has 2 unspecified atom stereocenters.